The van der Waals surface area contributed by atoms with E-state index >= 15 is 0 Å². The molecule has 4 heteroatoms. The second kappa shape index (κ2) is 4.61. The molecular weight excluding hydrogens is 202 g/mol. The van der Waals surface area contributed by atoms with Gasteiger partial charge < -0.3 is 10.6 Å². The molecule has 0 saturated carbocycles. The maximum atomic E-state index is 11.9. The Morgan fingerprint density at radius 2 is 2.50 bits per heavy atom. The van der Waals surface area contributed by atoms with Crippen molar-refractivity contribution in [2.24, 2.45) is 5.73 Å². The number of amides is 1. The van der Waals surface area contributed by atoms with Gasteiger partial charge in [-0.1, -0.05) is 6.07 Å². The van der Waals surface area contributed by atoms with E-state index in [0.717, 1.165) is 24.9 Å². The minimum atomic E-state index is -0.419. The number of pyridine rings is 1. The van der Waals surface area contributed by atoms with Crippen LogP contribution in [0.4, 0.5) is 0 Å². The van der Waals surface area contributed by atoms with Gasteiger partial charge in [0.25, 0.3) is 0 Å². The summed E-state index contributed by atoms with van der Waals surface area (Å²) < 4.78 is 0. The van der Waals surface area contributed by atoms with Crippen molar-refractivity contribution in [2.75, 3.05) is 6.54 Å². The molecule has 0 spiro atoms. The molecule has 2 N–H and O–H groups in total. The number of rotatable bonds is 2. The number of hydrogen-bond donors (Lipinski definition) is 1. The second-order valence-electron chi connectivity index (χ2n) is 4.26. The van der Waals surface area contributed by atoms with Crippen LogP contribution in [0.15, 0.2) is 24.5 Å². The first-order valence-corrected chi connectivity index (χ1v) is 5.66. The number of nitrogens with two attached hydrogens (primary N) is 1. The van der Waals surface area contributed by atoms with Crippen LogP contribution in [-0.2, 0) is 4.79 Å². The highest BCUT2D eigenvalue weighted by Crippen LogP contribution is 2.31. The molecule has 0 bridgehead atoms. The summed E-state index contributed by atoms with van der Waals surface area (Å²) in [7, 11) is 0. The van der Waals surface area contributed by atoms with Gasteiger partial charge in [0.05, 0.1) is 12.1 Å². The van der Waals surface area contributed by atoms with Gasteiger partial charge in [0.2, 0.25) is 5.91 Å². The van der Waals surface area contributed by atoms with E-state index in [4.69, 9.17) is 5.73 Å². The SMILES string of the molecule is CC(N)C(=O)N1CCCC1c1cccnc1. The van der Waals surface area contributed by atoms with Crippen LogP contribution in [0.5, 0.6) is 0 Å². The third-order valence-corrected chi connectivity index (χ3v) is 2.99. The Hall–Kier alpha value is -1.42. The van der Waals surface area contributed by atoms with Crippen LogP contribution >= 0.6 is 0 Å². The van der Waals surface area contributed by atoms with Crippen LogP contribution in [0.25, 0.3) is 0 Å². The molecule has 2 rings (SSSR count). The van der Waals surface area contributed by atoms with E-state index in [1.165, 1.54) is 0 Å². The molecule has 1 aliphatic heterocycles. The van der Waals surface area contributed by atoms with Crippen molar-refractivity contribution in [2.45, 2.75) is 31.8 Å². The van der Waals surface area contributed by atoms with Crippen LogP contribution in [0.2, 0.25) is 0 Å². The van der Waals surface area contributed by atoms with Crippen molar-refractivity contribution < 1.29 is 4.79 Å². The zero-order valence-electron chi connectivity index (χ0n) is 9.47. The largest absolute Gasteiger partial charge is 0.334 e. The average Bonchev–Trinajstić information content (AvgIpc) is 2.77. The van der Waals surface area contributed by atoms with Crippen LogP contribution in [-0.4, -0.2) is 28.4 Å². The number of likely N-dealkylation sites (tertiary alicyclic amines) is 1. The first-order valence-electron chi connectivity index (χ1n) is 5.66. The fourth-order valence-electron chi connectivity index (χ4n) is 2.21. The molecule has 1 fully saturated rings. The molecule has 4 nitrogen and oxygen atoms in total. The summed E-state index contributed by atoms with van der Waals surface area (Å²) in [5.41, 5.74) is 6.75. The molecule has 2 atom stereocenters. The molecule has 0 aromatic carbocycles. The first-order chi connectivity index (χ1) is 7.70. The van der Waals surface area contributed by atoms with Crippen molar-refractivity contribution in [1.29, 1.82) is 0 Å². The van der Waals surface area contributed by atoms with Gasteiger partial charge in [0.1, 0.15) is 0 Å². The fourth-order valence-corrected chi connectivity index (χ4v) is 2.21. The molecule has 1 aromatic rings. The van der Waals surface area contributed by atoms with Gasteiger partial charge in [-0.3, -0.25) is 9.78 Å². The lowest BCUT2D eigenvalue weighted by Gasteiger charge is -2.26. The van der Waals surface area contributed by atoms with Crippen molar-refractivity contribution >= 4 is 5.91 Å². The normalized spacial score (nSPS) is 22.1. The molecular formula is C12H17N3O. The predicted octanol–water partition coefficient (Wildman–Crippen LogP) is 1.09. The molecule has 1 saturated heterocycles. The van der Waals surface area contributed by atoms with E-state index in [2.05, 4.69) is 4.98 Å². The van der Waals surface area contributed by atoms with Crippen LogP contribution in [0, 0.1) is 0 Å². The Bertz CT molecular complexity index is 364. The standard InChI is InChI=1S/C12H17N3O/c1-9(13)12(16)15-7-3-5-11(15)10-4-2-6-14-8-10/h2,4,6,8-9,11H,3,5,7,13H2,1H3. The Morgan fingerprint density at radius 3 is 3.12 bits per heavy atom. The number of nitrogens with zero attached hydrogens (tertiary/aromatic N) is 2. The van der Waals surface area contributed by atoms with Gasteiger partial charge in [-0.15, -0.1) is 0 Å². The Morgan fingerprint density at radius 1 is 1.69 bits per heavy atom. The van der Waals surface area contributed by atoms with Crippen molar-refractivity contribution in [3.8, 4) is 0 Å². The summed E-state index contributed by atoms with van der Waals surface area (Å²) in [5, 5.41) is 0. The zero-order chi connectivity index (χ0) is 11.5. The predicted molar refractivity (Wildman–Crippen MR) is 61.6 cm³/mol. The first kappa shape index (κ1) is 11.1. The lowest BCUT2D eigenvalue weighted by Crippen LogP contribution is -2.41. The number of carbonyl (C=O) groups is 1. The second-order valence-corrected chi connectivity index (χ2v) is 4.26. The summed E-state index contributed by atoms with van der Waals surface area (Å²) in [5.74, 6) is 0.0337. The van der Waals surface area contributed by atoms with E-state index in [9.17, 15) is 4.79 Å². The van der Waals surface area contributed by atoms with Gasteiger partial charge in [-0.05, 0) is 31.4 Å². The van der Waals surface area contributed by atoms with Gasteiger partial charge >= 0.3 is 0 Å². The summed E-state index contributed by atoms with van der Waals surface area (Å²) >= 11 is 0. The van der Waals surface area contributed by atoms with Gasteiger partial charge in [0, 0.05) is 18.9 Å². The third kappa shape index (κ3) is 2.07. The smallest absolute Gasteiger partial charge is 0.239 e. The summed E-state index contributed by atoms with van der Waals surface area (Å²) in [6, 6.07) is 3.66. The maximum Gasteiger partial charge on any atom is 0.239 e. The van der Waals surface area contributed by atoms with Gasteiger partial charge in [-0.2, -0.15) is 0 Å². The average molecular weight is 219 g/mol. The van der Waals surface area contributed by atoms with E-state index in [0.29, 0.717) is 0 Å². The minimum absolute atomic E-state index is 0.0337. The zero-order valence-corrected chi connectivity index (χ0v) is 9.47. The third-order valence-electron chi connectivity index (χ3n) is 2.99. The quantitative estimate of drug-likeness (QED) is 0.810. The highest BCUT2D eigenvalue weighted by molar-refractivity contribution is 5.81. The van der Waals surface area contributed by atoms with Crippen LogP contribution < -0.4 is 5.73 Å². The molecule has 0 aliphatic carbocycles. The lowest BCUT2D eigenvalue weighted by molar-refractivity contribution is -0.133. The molecule has 1 aliphatic rings. The Balaban J connectivity index is 2.19. The summed E-state index contributed by atoms with van der Waals surface area (Å²) in [6.07, 6.45) is 5.62. The van der Waals surface area contributed by atoms with Crippen molar-refractivity contribution in [1.82, 2.24) is 9.88 Å². The maximum absolute atomic E-state index is 11.9. The number of carbonyl (C=O) groups excluding carboxylic acids is 1. The molecule has 1 amide bonds. The number of hydrogen-bond acceptors (Lipinski definition) is 3. The van der Waals surface area contributed by atoms with Gasteiger partial charge in [0.15, 0.2) is 0 Å². The molecule has 2 heterocycles. The molecule has 2 unspecified atom stereocenters. The van der Waals surface area contributed by atoms with E-state index in [-0.39, 0.29) is 11.9 Å². The molecule has 0 radical (unpaired) electrons. The minimum Gasteiger partial charge on any atom is -0.334 e. The summed E-state index contributed by atoms with van der Waals surface area (Å²) in [4.78, 5) is 17.9. The van der Waals surface area contributed by atoms with E-state index in [1.807, 2.05) is 23.2 Å². The fraction of sp³-hybridized carbons (Fsp3) is 0.500. The highest BCUT2D eigenvalue weighted by Gasteiger charge is 2.31. The van der Waals surface area contributed by atoms with Gasteiger partial charge in [-0.25, -0.2) is 0 Å². The van der Waals surface area contributed by atoms with Crippen LogP contribution in [0.1, 0.15) is 31.4 Å². The highest BCUT2D eigenvalue weighted by atomic mass is 16.2. The van der Waals surface area contributed by atoms with E-state index < -0.39 is 6.04 Å². The Kier molecular flexibility index (Phi) is 3.19. The van der Waals surface area contributed by atoms with Crippen molar-refractivity contribution in [3.05, 3.63) is 30.1 Å². The topological polar surface area (TPSA) is 59.2 Å². The summed E-state index contributed by atoms with van der Waals surface area (Å²) in [6.45, 7) is 2.54. The molecule has 16 heavy (non-hydrogen) atoms. The Labute approximate surface area is 95.5 Å². The number of aromatic nitrogens is 1. The monoisotopic (exact) mass is 219 g/mol. The van der Waals surface area contributed by atoms with E-state index in [1.54, 1.807) is 13.1 Å². The lowest BCUT2D eigenvalue weighted by atomic mass is 10.1. The molecule has 86 valence electrons. The van der Waals surface area contributed by atoms with Crippen LogP contribution in [0.3, 0.4) is 0 Å². The van der Waals surface area contributed by atoms with Crippen molar-refractivity contribution in [3.63, 3.8) is 0 Å². The molecule has 1 aromatic heterocycles.